The van der Waals surface area contributed by atoms with Gasteiger partial charge in [0, 0.05) is 0 Å². The van der Waals surface area contributed by atoms with Gasteiger partial charge in [0.1, 0.15) is 0 Å². The van der Waals surface area contributed by atoms with Crippen LogP contribution in [0.2, 0.25) is 0 Å². The lowest BCUT2D eigenvalue weighted by molar-refractivity contribution is -0.136. The third-order valence-corrected chi connectivity index (χ3v) is 4.22. The fraction of sp³-hybridized carbons (Fsp3) is 0.500. The lowest BCUT2D eigenvalue weighted by atomic mass is 9.70. The summed E-state index contributed by atoms with van der Waals surface area (Å²) in [5.74, 6) is -1.06. The van der Waals surface area contributed by atoms with E-state index in [0.29, 0.717) is 6.42 Å². The minimum absolute atomic E-state index is 0.0113. The molecule has 1 saturated carbocycles. The fourth-order valence-electron chi connectivity index (χ4n) is 3.15. The average Bonchev–Trinajstić information content (AvgIpc) is 2.39. The number of hydrogen-bond donors (Lipinski definition) is 2. The Bertz CT molecular complexity index is 504. The molecule has 0 saturated heterocycles. The number of carboxylic acids is 1. The van der Waals surface area contributed by atoms with Gasteiger partial charge in [-0.05, 0) is 30.4 Å². The Labute approximate surface area is 119 Å². The Morgan fingerprint density at radius 1 is 1.15 bits per heavy atom. The molecule has 0 bridgehead atoms. The molecular formula is C16H21NO3. The third kappa shape index (κ3) is 3.38. The molecule has 0 heterocycles. The number of nitrogens with two attached hydrogens (primary N) is 1. The molecule has 2 rings (SSSR count). The van der Waals surface area contributed by atoms with Crippen molar-refractivity contribution in [2.45, 2.75) is 44.9 Å². The molecule has 108 valence electrons. The van der Waals surface area contributed by atoms with Crippen molar-refractivity contribution in [2.24, 2.45) is 11.1 Å². The van der Waals surface area contributed by atoms with Crippen LogP contribution in [0.5, 0.6) is 0 Å². The van der Waals surface area contributed by atoms with Crippen molar-refractivity contribution in [3.63, 3.8) is 0 Å². The van der Waals surface area contributed by atoms with Crippen LogP contribution in [0.4, 0.5) is 0 Å². The van der Waals surface area contributed by atoms with E-state index in [0.717, 1.165) is 43.2 Å². The first kappa shape index (κ1) is 14.6. The molecule has 1 aliphatic carbocycles. The number of amides is 1. The molecule has 4 nitrogen and oxygen atoms in total. The summed E-state index contributed by atoms with van der Waals surface area (Å²) in [5, 5.41) is 8.84. The number of primary amides is 1. The number of aliphatic carboxylic acids is 1. The van der Waals surface area contributed by atoms with Gasteiger partial charge in [-0.3, -0.25) is 9.59 Å². The number of carbonyl (C=O) groups is 2. The van der Waals surface area contributed by atoms with Gasteiger partial charge in [0.25, 0.3) is 0 Å². The van der Waals surface area contributed by atoms with Gasteiger partial charge in [0.05, 0.1) is 11.8 Å². The molecule has 1 aliphatic rings. The molecule has 0 aromatic heterocycles. The van der Waals surface area contributed by atoms with Crippen LogP contribution in [0, 0.1) is 5.41 Å². The van der Waals surface area contributed by atoms with E-state index in [1.807, 2.05) is 18.2 Å². The maximum absolute atomic E-state index is 11.9. The Balaban J connectivity index is 2.18. The van der Waals surface area contributed by atoms with Crippen molar-refractivity contribution in [1.29, 1.82) is 0 Å². The Morgan fingerprint density at radius 2 is 1.80 bits per heavy atom. The molecular weight excluding hydrogens is 254 g/mol. The zero-order chi connectivity index (χ0) is 14.6. The third-order valence-electron chi connectivity index (χ3n) is 4.22. The van der Waals surface area contributed by atoms with Gasteiger partial charge in [-0.25, -0.2) is 0 Å². The predicted octanol–water partition coefficient (Wildman–Crippen LogP) is 2.29. The van der Waals surface area contributed by atoms with E-state index >= 15 is 0 Å². The Kier molecular flexibility index (Phi) is 4.42. The first-order valence-corrected chi connectivity index (χ1v) is 7.11. The van der Waals surface area contributed by atoms with E-state index < -0.39 is 11.4 Å². The summed E-state index contributed by atoms with van der Waals surface area (Å²) in [5.41, 5.74) is 6.96. The monoisotopic (exact) mass is 275 g/mol. The van der Waals surface area contributed by atoms with Gasteiger partial charge in [-0.1, -0.05) is 43.5 Å². The zero-order valence-corrected chi connectivity index (χ0v) is 11.6. The molecule has 1 aromatic carbocycles. The van der Waals surface area contributed by atoms with Gasteiger partial charge in [-0.2, -0.15) is 0 Å². The molecule has 0 atom stereocenters. The van der Waals surface area contributed by atoms with Crippen LogP contribution in [0.3, 0.4) is 0 Å². The van der Waals surface area contributed by atoms with Crippen molar-refractivity contribution >= 4 is 11.9 Å². The fourth-order valence-corrected chi connectivity index (χ4v) is 3.15. The predicted molar refractivity (Wildman–Crippen MR) is 76.2 cm³/mol. The summed E-state index contributed by atoms with van der Waals surface area (Å²) >= 11 is 0. The standard InChI is InChI=1S/C16H21NO3/c17-15(20)16(7-2-1-3-8-16)11-13-6-4-5-12(9-13)10-14(18)19/h4-6,9H,1-3,7-8,10-11H2,(H2,17,20)(H,18,19). The molecule has 0 spiro atoms. The summed E-state index contributed by atoms with van der Waals surface area (Å²) in [7, 11) is 0. The number of carboxylic acid groups (broad SMARTS) is 1. The summed E-state index contributed by atoms with van der Waals surface area (Å²) < 4.78 is 0. The van der Waals surface area contributed by atoms with E-state index in [1.165, 1.54) is 0 Å². The van der Waals surface area contributed by atoms with E-state index in [-0.39, 0.29) is 12.3 Å². The van der Waals surface area contributed by atoms with E-state index in [1.54, 1.807) is 6.07 Å². The first-order chi connectivity index (χ1) is 9.52. The quantitative estimate of drug-likeness (QED) is 0.865. The molecule has 0 radical (unpaired) electrons. The highest BCUT2D eigenvalue weighted by Gasteiger charge is 2.37. The minimum atomic E-state index is -0.843. The van der Waals surface area contributed by atoms with Crippen molar-refractivity contribution in [1.82, 2.24) is 0 Å². The minimum Gasteiger partial charge on any atom is -0.481 e. The first-order valence-electron chi connectivity index (χ1n) is 7.11. The molecule has 0 unspecified atom stereocenters. The second-order valence-electron chi connectivity index (χ2n) is 5.77. The SMILES string of the molecule is NC(=O)C1(Cc2cccc(CC(=O)O)c2)CCCCC1. The summed E-state index contributed by atoms with van der Waals surface area (Å²) in [6, 6.07) is 7.48. The molecule has 1 amide bonds. The summed E-state index contributed by atoms with van der Waals surface area (Å²) in [6.45, 7) is 0. The summed E-state index contributed by atoms with van der Waals surface area (Å²) in [6.07, 6.45) is 5.55. The van der Waals surface area contributed by atoms with Crippen molar-refractivity contribution in [2.75, 3.05) is 0 Å². The topological polar surface area (TPSA) is 80.4 Å². The second-order valence-corrected chi connectivity index (χ2v) is 5.77. The van der Waals surface area contributed by atoms with Gasteiger partial charge in [-0.15, -0.1) is 0 Å². The molecule has 4 heteroatoms. The van der Waals surface area contributed by atoms with Crippen LogP contribution >= 0.6 is 0 Å². The van der Waals surface area contributed by atoms with Crippen LogP contribution in [-0.4, -0.2) is 17.0 Å². The van der Waals surface area contributed by atoms with E-state index in [4.69, 9.17) is 10.8 Å². The normalized spacial score (nSPS) is 17.6. The maximum atomic E-state index is 11.9. The van der Waals surface area contributed by atoms with Crippen LogP contribution in [0.15, 0.2) is 24.3 Å². The zero-order valence-electron chi connectivity index (χ0n) is 11.6. The molecule has 3 N–H and O–H groups in total. The largest absolute Gasteiger partial charge is 0.481 e. The van der Waals surface area contributed by atoms with Gasteiger partial charge in [0.2, 0.25) is 5.91 Å². The van der Waals surface area contributed by atoms with Crippen LogP contribution in [-0.2, 0) is 22.4 Å². The number of carbonyl (C=O) groups excluding carboxylic acids is 1. The average molecular weight is 275 g/mol. The van der Waals surface area contributed by atoms with Gasteiger partial charge < -0.3 is 10.8 Å². The molecule has 0 aliphatic heterocycles. The van der Waals surface area contributed by atoms with Crippen molar-refractivity contribution < 1.29 is 14.7 Å². The smallest absolute Gasteiger partial charge is 0.307 e. The summed E-state index contributed by atoms with van der Waals surface area (Å²) in [4.78, 5) is 22.6. The Morgan fingerprint density at radius 3 is 2.40 bits per heavy atom. The maximum Gasteiger partial charge on any atom is 0.307 e. The van der Waals surface area contributed by atoms with Gasteiger partial charge >= 0.3 is 5.97 Å². The highest BCUT2D eigenvalue weighted by molar-refractivity contribution is 5.81. The van der Waals surface area contributed by atoms with Crippen LogP contribution in [0.1, 0.15) is 43.2 Å². The van der Waals surface area contributed by atoms with E-state index in [9.17, 15) is 9.59 Å². The Hall–Kier alpha value is -1.84. The van der Waals surface area contributed by atoms with Crippen molar-refractivity contribution in [3.8, 4) is 0 Å². The molecule has 20 heavy (non-hydrogen) atoms. The lowest BCUT2D eigenvalue weighted by Gasteiger charge is -2.34. The van der Waals surface area contributed by atoms with Crippen LogP contribution < -0.4 is 5.73 Å². The highest BCUT2D eigenvalue weighted by atomic mass is 16.4. The highest BCUT2D eigenvalue weighted by Crippen LogP contribution is 2.39. The lowest BCUT2D eigenvalue weighted by Crippen LogP contribution is -2.40. The van der Waals surface area contributed by atoms with E-state index in [2.05, 4.69) is 0 Å². The number of benzene rings is 1. The van der Waals surface area contributed by atoms with Crippen LogP contribution in [0.25, 0.3) is 0 Å². The number of hydrogen-bond acceptors (Lipinski definition) is 2. The van der Waals surface area contributed by atoms with Crippen molar-refractivity contribution in [3.05, 3.63) is 35.4 Å². The molecule has 1 aromatic rings. The number of rotatable bonds is 5. The molecule has 1 fully saturated rings. The van der Waals surface area contributed by atoms with Gasteiger partial charge in [0.15, 0.2) is 0 Å². The second kappa shape index (κ2) is 6.07.